The summed E-state index contributed by atoms with van der Waals surface area (Å²) in [6, 6.07) is 10.1. The summed E-state index contributed by atoms with van der Waals surface area (Å²) in [5.41, 5.74) is 1.20. The maximum Gasteiger partial charge on any atom is 0.319 e. The average Bonchev–Trinajstić information content (AvgIpc) is 2.53. The minimum atomic E-state index is 0.00589. The van der Waals surface area contributed by atoms with E-state index in [2.05, 4.69) is 12.1 Å². The number of likely N-dealkylation sites (tertiary alicyclic amines) is 1. The predicted octanol–water partition coefficient (Wildman–Crippen LogP) is 2.58. The molecule has 1 atom stereocenters. The molecule has 1 fully saturated rings. The first kappa shape index (κ1) is 15.5. The minimum absolute atomic E-state index is 0.00589. The van der Waals surface area contributed by atoms with Crippen LogP contribution in [-0.2, 0) is 11.2 Å². The molecule has 1 aromatic carbocycles. The van der Waals surface area contributed by atoms with Crippen molar-refractivity contribution in [3.63, 3.8) is 0 Å². The van der Waals surface area contributed by atoms with Gasteiger partial charge in [0.1, 0.15) is 5.78 Å². The summed E-state index contributed by atoms with van der Waals surface area (Å²) in [6.07, 6.45) is 3.18. The van der Waals surface area contributed by atoms with E-state index in [1.807, 2.05) is 18.2 Å². The molecule has 2 rings (SSSR count). The average molecular weight is 288 g/mol. The minimum Gasteiger partial charge on any atom is -0.331 e. The van der Waals surface area contributed by atoms with E-state index in [-0.39, 0.29) is 17.7 Å². The van der Waals surface area contributed by atoms with E-state index in [0.717, 1.165) is 25.8 Å². The number of hydrogen-bond acceptors (Lipinski definition) is 2. The second-order valence-electron chi connectivity index (χ2n) is 5.91. The van der Waals surface area contributed by atoms with Crippen molar-refractivity contribution < 1.29 is 9.59 Å². The second-order valence-corrected chi connectivity index (χ2v) is 5.91. The first-order valence-corrected chi connectivity index (χ1v) is 7.61. The zero-order chi connectivity index (χ0) is 15.2. The van der Waals surface area contributed by atoms with Gasteiger partial charge in [0.2, 0.25) is 0 Å². The molecular formula is C17H24N2O2. The molecule has 2 amide bonds. The molecule has 0 bridgehead atoms. The van der Waals surface area contributed by atoms with Crippen molar-refractivity contribution in [1.82, 2.24) is 9.80 Å². The number of piperidine rings is 1. The lowest BCUT2D eigenvalue weighted by atomic mass is 9.91. The molecular weight excluding hydrogens is 264 g/mol. The van der Waals surface area contributed by atoms with E-state index in [4.69, 9.17) is 0 Å². The van der Waals surface area contributed by atoms with Gasteiger partial charge in [0.15, 0.2) is 0 Å². The molecule has 0 saturated carbocycles. The summed E-state index contributed by atoms with van der Waals surface area (Å²) in [7, 11) is 3.51. The monoisotopic (exact) mass is 288 g/mol. The summed E-state index contributed by atoms with van der Waals surface area (Å²) < 4.78 is 0. The lowest BCUT2D eigenvalue weighted by molar-refractivity contribution is -0.124. The summed E-state index contributed by atoms with van der Waals surface area (Å²) in [5, 5.41) is 0. The molecule has 0 spiro atoms. The number of carbonyl (C=O) groups is 2. The molecule has 1 saturated heterocycles. The Balaban J connectivity index is 1.86. The van der Waals surface area contributed by atoms with Crippen LogP contribution in [0, 0.1) is 5.92 Å². The molecule has 4 nitrogen and oxygen atoms in total. The Morgan fingerprint density at radius 3 is 2.62 bits per heavy atom. The highest BCUT2D eigenvalue weighted by Crippen LogP contribution is 2.20. The molecule has 1 heterocycles. The zero-order valence-electron chi connectivity index (χ0n) is 12.9. The Morgan fingerprint density at radius 1 is 1.24 bits per heavy atom. The third kappa shape index (κ3) is 4.31. The third-order valence-corrected chi connectivity index (χ3v) is 4.03. The smallest absolute Gasteiger partial charge is 0.319 e. The first-order valence-electron chi connectivity index (χ1n) is 7.61. The van der Waals surface area contributed by atoms with Gasteiger partial charge in [-0.15, -0.1) is 0 Å². The van der Waals surface area contributed by atoms with Crippen LogP contribution < -0.4 is 0 Å². The molecule has 1 aliphatic heterocycles. The van der Waals surface area contributed by atoms with Gasteiger partial charge < -0.3 is 9.80 Å². The van der Waals surface area contributed by atoms with Gasteiger partial charge in [-0.3, -0.25) is 4.79 Å². The fourth-order valence-corrected chi connectivity index (χ4v) is 2.81. The number of aryl methyl sites for hydroxylation is 1. The van der Waals surface area contributed by atoms with Crippen molar-refractivity contribution in [1.29, 1.82) is 0 Å². The number of urea groups is 1. The molecule has 0 N–H and O–H groups in total. The van der Waals surface area contributed by atoms with E-state index in [0.29, 0.717) is 13.0 Å². The molecule has 21 heavy (non-hydrogen) atoms. The van der Waals surface area contributed by atoms with Crippen LogP contribution in [0.25, 0.3) is 0 Å². The van der Waals surface area contributed by atoms with E-state index >= 15 is 0 Å². The maximum atomic E-state index is 12.4. The summed E-state index contributed by atoms with van der Waals surface area (Å²) in [4.78, 5) is 27.7. The molecule has 1 unspecified atom stereocenters. The molecule has 0 aliphatic carbocycles. The van der Waals surface area contributed by atoms with Gasteiger partial charge in [0, 0.05) is 39.5 Å². The molecule has 4 heteroatoms. The van der Waals surface area contributed by atoms with Crippen molar-refractivity contribution in [2.75, 3.05) is 27.2 Å². The SMILES string of the molecule is CN(C)C(=O)N1CCCC(C(=O)CCc2ccccc2)C1. The van der Waals surface area contributed by atoms with Crippen LogP contribution >= 0.6 is 0 Å². The van der Waals surface area contributed by atoms with Gasteiger partial charge in [-0.1, -0.05) is 30.3 Å². The Bertz CT molecular complexity index is 485. The topological polar surface area (TPSA) is 40.6 Å². The van der Waals surface area contributed by atoms with Crippen LogP contribution in [0.1, 0.15) is 24.8 Å². The molecule has 1 aliphatic rings. The summed E-state index contributed by atoms with van der Waals surface area (Å²) >= 11 is 0. The van der Waals surface area contributed by atoms with Crippen molar-refractivity contribution >= 4 is 11.8 Å². The number of hydrogen-bond donors (Lipinski definition) is 0. The highest BCUT2D eigenvalue weighted by Gasteiger charge is 2.28. The molecule has 0 aromatic heterocycles. The van der Waals surface area contributed by atoms with Gasteiger partial charge >= 0.3 is 6.03 Å². The number of ketones is 1. The normalized spacial score (nSPS) is 18.4. The highest BCUT2D eigenvalue weighted by molar-refractivity contribution is 5.82. The number of carbonyl (C=O) groups excluding carboxylic acids is 2. The molecule has 114 valence electrons. The lowest BCUT2D eigenvalue weighted by Crippen LogP contribution is -2.46. The van der Waals surface area contributed by atoms with Crippen LogP contribution in [-0.4, -0.2) is 48.8 Å². The van der Waals surface area contributed by atoms with Crippen LogP contribution in [0.3, 0.4) is 0 Å². The van der Waals surface area contributed by atoms with E-state index < -0.39 is 0 Å². The van der Waals surface area contributed by atoms with E-state index in [1.165, 1.54) is 5.56 Å². The Hall–Kier alpha value is -1.84. The molecule has 1 aromatic rings. The fourth-order valence-electron chi connectivity index (χ4n) is 2.81. The number of benzene rings is 1. The van der Waals surface area contributed by atoms with Crippen molar-refractivity contribution in [2.45, 2.75) is 25.7 Å². The Labute approximate surface area is 126 Å². The standard InChI is InChI=1S/C17H24N2O2/c1-18(2)17(21)19-12-6-9-15(13-19)16(20)11-10-14-7-4-3-5-8-14/h3-5,7-8,15H,6,9-13H2,1-2H3. The number of nitrogens with zero attached hydrogens (tertiary/aromatic N) is 2. The van der Waals surface area contributed by atoms with E-state index in [9.17, 15) is 9.59 Å². The van der Waals surface area contributed by atoms with Gasteiger partial charge in [0.05, 0.1) is 0 Å². The number of amides is 2. The fraction of sp³-hybridized carbons (Fsp3) is 0.529. The van der Waals surface area contributed by atoms with Gasteiger partial charge in [-0.05, 0) is 24.8 Å². The Kier molecular flexibility index (Phi) is 5.37. The quantitative estimate of drug-likeness (QED) is 0.854. The largest absolute Gasteiger partial charge is 0.331 e. The number of Topliss-reactive ketones (excluding diaryl/α,β-unsaturated/α-hetero) is 1. The Morgan fingerprint density at radius 2 is 1.95 bits per heavy atom. The number of rotatable bonds is 4. The van der Waals surface area contributed by atoms with Crippen molar-refractivity contribution in [2.24, 2.45) is 5.92 Å². The first-order chi connectivity index (χ1) is 10.1. The zero-order valence-corrected chi connectivity index (χ0v) is 12.9. The van der Waals surface area contributed by atoms with E-state index in [1.54, 1.807) is 23.9 Å². The predicted molar refractivity (Wildman–Crippen MR) is 83.2 cm³/mol. The second kappa shape index (κ2) is 7.25. The van der Waals surface area contributed by atoms with Crippen molar-refractivity contribution in [3.05, 3.63) is 35.9 Å². The van der Waals surface area contributed by atoms with Crippen molar-refractivity contribution in [3.8, 4) is 0 Å². The summed E-state index contributed by atoms with van der Waals surface area (Å²) in [5.74, 6) is 0.293. The van der Waals surface area contributed by atoms with Gasteiger partial charge in [-0.2, -0.15) is 0 Å². The maximum absolute atomic E-state index is 12.4. The van der Waals surface area contributed by atoms with Gasteiger partial charge in [-0.25, -0.2) is 4.79 Å². The van der Waals surface area contributed by atoms with Crippen LogP contribution in [0.5, 0.6) is 0 Å². The highest BCUT2D eigenvalue weighted by atomic mass is 16.2. The van der Waals surface area contributed by atoms with Gasteiger partial charge in [0.25, 0.3) is 0 Å². The van der Waals surface area contributed by atoms with Crippen LogP contribution in [0.15, 0.2) is 30.3 Å². The lowest BCUT2D eigenvalue weighted by Gasteiger charge is -2.33. The summed E-state index contributed by atoms with van der Waals surface area (Å²) in [6.45, 7) is 1.34. The van der Waals surface area contributed by atoms with Crippen LogP contribution in [0.2, 0.25) is 0 Å². The molecule has 0 radical (unpaired) electrons. The van der Waals surface area contributed by atoms with Crippen LogP contribution in [0.4, 0.5) is 4.79 Å². The third-order valence-electron chi connectivity index (χ3n) is 4.03.